The molecule has 1 heterocycles. The van der Waals surface area contributed by atoms with Crippen LogP contribution in [0.5, 0.6) is 0 Å². The van der Waals surface area contributed by atoms with Crippen LogP contribution in [0.2, 0.25) is 0 Å². The van der Waals surface area contributed by atoms with Crippen molar-refractivity contribution < 1.29 is 47.5 Å². The molecule has 0 aromatic heterocycles. The number of alkyl halides is 1. The normalized spacial score (nSPS) is 15.2. The molecule has 1 aliphatic carbocycles. The molecule has 6 heteroatoms. The SMILES string of the molecule is BrC1C=C2C=c3[c-]cccc3=C2S1.[Cl-].[Cl-].[S]=[Zr+2].c1ccc2c(c1)[cH-]c1ccccc12. The Morgan fingerprint density at radius 1 is 0.900 bits per heavy atom. The van der Waals surface area contributed by atoms with E-state index in [0.29, 0.717) is 4.16 Å². The molecule has 0 bridgehead atoms. The van der Waals surface area contributed by atoms with Crippen LogP contribution in [0.4, 0.5) is 0 Å². The number of hydrogen-bond donors (Lipinski definition) is 0. The van der Waals surface area contributed by atoms with Gasteiger partial charge in [-0.2, -0.15) is 0 Å². The number of fused-ring (bicyclic) bond motifs is 5. The molecule has 0 saturated heterocycles. The van der Waals surface area contributed by atoms with Crippen LogP contribution in [0.3, 0.4) is 0 Å². The Morgan fingerprint density at radius 3 is 2.13 bits per heavy atom. The summed E-state index contributed by atoms with van der Waals surface area (Å²) in [5, 5.41) is 7.96. The number of thioether (sulfide) groups is 1. The van der Waals surface area contributed by atoms with Crippen molar-refractivity contribution in [1.82, 2.24) is 0 Å². The molecule has 2 aliphatic rings. The summed E-state index contributed by atoms with van der Waals surface area (Å²) < 4.78 is 0.446. The molecule has 0 fully saturated rings. The third kappa shape index (κ3) is 5.29. The van der Waals surface area contributed by atoms with Crippen LogP contribution >= 0.6 is 36.5 Å². The number of halogens is 3. The fourth-order valence-corrected chi connectivity index (χ4v) is 5.44. The van der Waals surface area contributed by atoms with Crippen molar-refractivity contribution in [3.8, 4) is 0 Å². The maximum atomic E-state index is 4.17. The van der Waals surface area contributed by atoms with Crippen molar-refractivity contribution in [2.45, 2.75) is 4.16 Å². The summed E-state index contributed by atoms with van der Waals surface area (Å²) in [7, 11) is 4.17. The second kappa shape index (κ2) is 11.9. The van der Waals surface area contributed by atoms with Gasteiger partial charge in [0.05, 0.1) is 4.16 Å². The minimum Gasteiger partial charge on any atom is -0.126 e. The van der Waals surface area contributed by atoms with Gasteiger partial charge in [0.1, 0.15) is 0 Å². The minimum absolute atomic E-state index is 0. The van der Waals surface area contributed by atoms with Crippen LogP contribution in [0, 0.1) is 6.07 Å². The largest absolute Gasteiger partial charge is 0.126 e. The van der Waals surface area contributed by atoms with Gasteiger partial charge in [0, 0.05) is 0 Å². The molecule has 0 radical (unpaired) electrons. The molecule has 1 aliphatic heterocycles. The zero-order valence-electron chi connectivity index (χ0n) is 15.6. The maximum Gasteiger partial charge on any atom is -0.0771 e. The standard InChI is InChI=1S/C13H9.C11H6BrS.2ClH.S.Zr/c1-3-7-12-10(5-1)9-11-6-2-4-8-13(11)12;12-10-6-8-5-7-3-1-2-4-9(7)11(8)13-10;;;;/h1-9H;1-2,4-6,10H;2*1H;;/q2*-1;;;;+2/p-2. The van der Waals surface area contributed by atoms with Crippen molar-refractivity contribution in [3.05, 3.63) is 101 Å². The molecule has 0 spiro atoms. The Hall–Kier alpha value is -0.477. The number of benzene rings is 3. The van der Waals surface area contributed by atoms with Crippen molar-refractivity contribution >= 4 is 69.1 Å². The summed E-state index contributed by atoms with van der Waals surface area (Å²) in [4.78, 5) is 1.40. The Balaban J connectivity index is 0.000000186. The van der Waals surface area contributed by atoms with Crippen LogP contribution < -0.4 is 35.3 Å². The van der Waals surface area contributed by atoms with E-state index in [9.17, 15) is 0 Å². The Labute approximate surface area is 219 Å². The summed E-state index contributed by atoms with van der Waals surface area (Å²) in [6.45, 7) is 0. The van der Waals surface area contributed by atoms with Crippen molar-refractivity contribution in [2.75, 3.05) is 0 Å². The Morgan fingerprint density at radius 2 is 1.50 bits per heavy atom. The van der Waals surface area contributed by atoms with Gasteiger partial charge in [-0.1, -0.05) is 69.2 Å². The quantitative estimate of drug-likeness (QED) is 0.206. The van der Waals surface area contributed by atoms with E-state index in [2.05, 4.69) is 104 Å². The van der Waals surface area contributed by atoms with E-state index < -0.39 is 0 Å². The third-order valence-corrected chi connectivity index (χ3v) is 6.64. The fraction of sp³-hybridized carbons (Fsp3) is 0.0417. The molecule has 0 saturated carbocycles. The van der Waals surface area contributed by atoms with Crippen LogP contribution in [0.1, 0.15) is 0 Å². The van der Waals surface area contributed by atoms with Gasteiger partial charge in [-0.05, 0) is 4.91 Å². The summed E-state index contributed by atoms with van der Waals surface area (Å²) >= 11 is 6.58. The molecule has 30 heavy (non-hydrogen) atoms. The van der Waals surface area contributed by atoms with Gasteiger partial charge in [-0.3, -0.25) is 0 Å². The van der Waals surface area contributed by atoms with E-state index in [1.54, 1.807) is 0 Å². The fourth-order valence-electron chi connectivity index (χ4n) is 3.59. The molecular formula is C24H15BrCl2S2Zr-2. The number of rotatable bonds is 0. The first-order valence-corrected chi connectivity index (χ1v) is 14.0. The van der Waals surface area contributed by atoms with E-state index in [4.69, 9.17) is 0 Å². The monoisotopic (exact) mass is 606 g/mol. The van der Waals surface area contributed by atoms with Gasteiger partial charge in [0.25, 0.3) is 0 Å². The molecule has 0 N–H and O–H groups in total. The van der Waals surface area contributed by atoms with Crippen molar-refractivity contribution in [2.24, 2.45) is 0 Å². The van der Waals surface area contributed by atoms with Crippen molar-refractivity contribution in [1.29, 1.82) is 0 Å². The average molecular weight is 610 g/mol. The molecule has 1 unspecified atom stereocenters. The molecular weight excluding hydrogens is 594 g/mol. The average Bonchev–Trinajstić information content (AvgIpc) is 3.40. The molecule has 0 nitrogen and oxygen atoms in total. The summed E-state index contributed by atoms with van der Waals surface area (Å²) in [6, 6.07) is 28.7. The topological polar surface area (TPSA) is 0 Å². The van der Waals surface area contributed by atoms with Gasteiger partial charge in [0.15, 0.2) is 0 Å². The first-order chi connectivity index (χ1) is 13.8. The summed E-state index contributed by atoms with van der Waals surface area (Å²) in [5.41, 5.74) is 1.35. The van der Waals surface area contributed by atoms with Crippen LogP contribution in [0.25, 0.3) is 32.5 Å². The smallest absolute Gasteiger partial charge is 0.0771 e. The summed E-state index contributed by atoms with van der Waals surface area (Å²) in [6.07, 6.45) is 4.45. The second-order valence-electron chi connectivity index (χ2n) is 6.38. The molecule has 1 atom stereocenters. The predicted octanol–water partition coefficient (Wildman–Crippen LogP) is 0.149. The summed E-state index contributed by atoms with van der Waals surface area (Å²) in [5.74, 6) is 0. The Bertz CT molecular complexity index is 1260. The van der Waals surface area contributed by atoms with Gasteiger partial charge in [0.2, 0.25) is 0 Å². The number of hydrogen-bond acceptors (Lipinski definition) is 2. The first-order valence-electron chi connectivity index (χ1n) is 8.79. The molecule has 4 aromatic carbocycles. The van der Waals surface area contributed by atoms with Gasteiger partial charge in [-0.25, -0.2) is 0 Å². The third-order valence-electron chi connectivity index (χ3n) is 4.76. The van der Waals surface area contributed by atoms with Crippen LogP contribution in [-0.2, 0) is 22.7 Å². The van der Waals surface area contributed by atoms with Gasteiger partial charge >= 0.3 is 31.5 Å². The van der Waals surface area contributed by atoms with E-state index in [1.165, 1.54) is 42.5 Å². The van der Waals surface area contributed by atoms with E-state index in [-0.39, 0.29) is 24.8 Å². The zero-order valence-corrected chi connectivity index (χ0v) is 22.8. The maximum absolute atomic E-state index is 4.17. The molecule has 150 valence electrons. The van der Waals surface area contributed by atoms with Crippen LogP contribution in [0.15, 0.2) is 84.4 Å². The van der Waals surface area contributed by atoms with Gasteiger partial charge in [-0.15, -0.1) is 87.1 Å². The van der Waals surface area contributed by atoms with Crippen molar-refractivity contribution in [3.63, 3.8) is 0 Å². The zero-order chi connectivity index (χ0) is 19.5. The van der Waals surface area contributed by atoms with E-state index >= 15 is 0 Å². The predicted molar refractivity (Wildman–Crippen MR) is 125 cm³/mol. The van der Waals surface area contributed by atoms with E-state index in [0.717, 1.165) is 22.7 Å². The second-order valence-corrected chi connectivity index (χ2v) is 9.13. The molecule has 4 aromatic rings. The minimum atomic E-state index is 0. The molecule has 6 rings (SSSR count). The van der Waals surface area contributed by atoms with Crippen LogP contribution in [-0.4, -0.2) is 4.16 Å². The van der Waals surface area contributed by atoms with Gasteiger partial charge < -0.3 is 24.8 Å². The molecule has 0 amide bonds. The Kier molecular flexibility index (Phi) is 10.3. The van der Waals surface area contributed by atoms with E-state index in [1.807, 2.05) is 23.9 Å². The first kappa shape index (κ1) is 25.8.